The maximum absolute atomic E-state index is 13.4. The number of imidazole rings is 1. The van der Waals surface area contributed by atoms with Crippen molar-refractivity contribution in [3.63, 3.8) is 0 Å². The average Bonchev–Trinajstić information content (AvgIpc) is 3.32. The van der Waals surface area contributed by atoms with Crippen molar-refractivity contribution in [2.45, 2.75) is 24.9 Å². The Morgan fingerprint density at radius 2 is 1.74 bits per heavy atom. The van der Waals surface area contributed by atoms with Gasteiger partial charge in [-0.2, -0.15) is 0 Å². The van der Waals surface area contributed by atoms with Gasteiger partial charge in [-0.1, -0.05) is 19.4 Å². The fourth-order valence-electron chi connectivity index (χ4n) is 4.38. The number of aromatic nitrogens is 4. The number of hydrogen-bond acceptors (Lipinski definition) is 3. The molecular formula is C22H20F5N5O2S. The molecule has 35 heavy (non-hydrogen) atoms. The summed E-state index contributed by atoms with van der Waals surface area (Å²) in [6.45, 7) is 1.97. The molecule has 0 unspecified atom stereocenters. The van der Waals surface area contributed by atoms with Gasteiger partial charge in [0.25, 0.3) is 11.5 Å². The number of carbonyl (C=O) groups is 1. The molecule has 0 bridgehead atoms. The van der Waals surface area contributed by atoms with Crippen LogP contribution in [0.2, 0.25) is 0 Å². The number of aryl methyl sites for hydroxylation is 2. The number of pyridine rings is 1. The van der Waals surface area contributed by atoms with Gasteiger partial charge in [0.1, 0.15) is 16.3 Å². The first-order valence-electron chi connectivity index (χ1n) is 10.5. The maximum atomic E-state index is 13.4. The Balaban J connectivity index is 1.50. The van der Waals surface area contributed by atoms with Crippen LogP contribution in [0.5, 0.6) is 0 Å². The van der Waals surface area contributed by atoms with E-state index in [1.807, 2.05) is 0 Å². The third-order valence-electron chi connectivity index (χ3n) is 6.09. The van der Waals surface area contributed by atoms with E-state index >= 15 is 0 Å². The molecule has 4 aromatic rings. The molecule has 186 valence electrons. The summed E-state index contributed by atoms with van der Waals surface area (Å²) < 4.78 is 71.4. The number of nitrogens with zero attached hydrogens (tertiary/aromatic N) is 5. The van der Waals surface area contributed by atoms with Crippen LogP contribution in [0.1, 0.15) is 21.7 Å². The molecule has 1 aliphatic heterocycles. The smallest absolute Gasteiger partial charge is 0.310 e. The van der Waals surface area contributed by atoms with Crippen LogP contribution in [0.15, 0.2) is 58.7 Å². The molecule has 0 radical (unpaired) electrons. The molecule has 1 aliphatic rings. The van der Waals surface area contributed by atoms with Crippen molar-refractivity contribution in [1.82, 2.24) is 23.6 Å². The molecule has 0 saturated carbocycles. The molecule has 7 nitrogen and oxygen atoms in total. The van der Waals surface area contributed by atoms with Gasteiger partial charge in [-0.15, -0.1) is 0 Å². The molecule has 1 amide bonds. The lowest BCUT2D eigenvalue weighted by Gasteiger charge is -2.40. The number of benzene rings is 1. The molecule has 0 aliphatic carbocycles. The summed E-state index contributed by atoms with van der Waals surface area (Å²) >= 11 is 0. The summed E-state index contributed by atoms with van der Waals surface area (Å²) in [7, 11) is -8.29. The molecule has 0 atom stereocenters. The van der Waals surface area contributed by atoms with Gasteiger partial charge in [0.05, 0.1) is 12.0 Å². The SMILES string of the molecule is Cc1cn(-c2ccc3n(c2=O)CCN(Cc2cn(C)c4ccc(S(F)(F)(F)(F)F)cc24)C3=O)cn1. The fraction of sp³-hybridized carbons (Fsp3) is 0.227. The minimum Gasteiger partial charge on any atom is -0.350 e. The molecule has 0 fully saturated rings. The minimum atomic E-state index is -9.87. The van der Waals surface area contributed by atoms with Crippen LogP contribution in [0.3, 0.4) is 0 Å². The van der Waals surface area contributed by atoms with Crippen LogP contribution in [-0.2, 0) is 20.1 Å². The predicted octanol–water partition coefficient (Wildman–Crippen LogP) is 5.15. The van der Waals surface area contributed by atoms with Crippen molar-refractivity contribution in [3.8, 4) is 5.69 Å². The van der Waals surface area contributed by atoms with Gasteiger partial charge in [-0.3, -0.25) is 9.59 Å². The monoisotopic (exact) mass is 513 g/mol. The summed E-state index contributed by atoms with van der Waals surface area (Å²) in [6, 6.07) is 4.84. The van der Waals surface area contributed by atoms with Gasteiger partial charge >= 0.3 is 10.2 Å². The van der Waals surface area contributed by atoms with Crippen LogP contribution < -0.4 is 5.56 Å². The lowest BCUT2D eigenvalue weighted by atomic mass is 10.1. The highest BCUT2D eigenvalue weighted by Gasteiger charge is 2.65. The highest BCUT2D eigenvalue weighted by atomic mass is 32.5. The lowest BCUT2D eigenvalue weighted by molar-refractivity contribution is 0.0687. The maximum Gasteiger partial charge on any atom is 0.310 e. The Bertz CT molecular complexity index is 1590. The molecule has 4 heterocycles. The molecule has 1 aromatic carbocycles. The van der Waals surface area contributed by atoms with E-state index in [2.05, 4.69) is 4.98 Å². The van der Waals surface area contributed by atoms with Gasteiger partial charge < -0.3 is 18.6 Å². The van der Waals surface area contributed by atoms with Crippen molar-refractivity contribution in [3.05, 3.63) is 76.4 Å². The Morgan fingerprint density at radius 1 is 1.00 bits per heavy atom. The van der Waals surface area contributed by atoms with Crippen molar-refractivity contribution in [2.75, 3.05) is 6.54 Å². The Hall–Kier alpha value is -3.61. The summed E-state index contributed by atoms with van der Waals surface area (Å²) in [6.07, 6.45) is 4.69. The van der Waals surface area contributed by atoms with E-state index in [1.54, 1.807) is 24.7 Å². The fourth-order valence-corrected chi connectivity index (χ4v) is 5.05. The van der Waals surface area contributed by atoms with Crippen LogP contribution in [0, 0.1) is 6.92 Å². The molecule has 13 heteroatoms. The van der Waals surface area contributed by atoms with Crippen LogP contribution >= 0.6 is 10.2 Å². The van der Waals surface area contributed by atoms with E-state index in [0.717, 1.165) is 11.8 Å². The molecule has 0 spiro atoms. The zero-order valence-electron chi connectivity index (χ0n) is 18.6. The van der Waals surface area contributed by atoms with E-state index in [9.17, 15) is 29.0 Å². The Morgan fingerprint density at radius 3 is 2.40 bits per heavy atom. The molecule has 0 N–H and O–H groups in total. The molecule has 0 saturated heterocycles. The summed E-state index contributed by atoms with van der Waals surface area (Å²) in [5, 5.41) is -0.0140. The first kappa shape index (κ1) is 23.1. The standard InChI is InChI=1S/C22H20F5N5O2S/c1-14-10-31(13-28-14)19-5-6-20-21(33)30(7-8-32(20)22(19)34)12-15-11-29(2)18-4-3-16(9-17(15)18)35(23,24,25,26)27/h3-6,9-11,13H,7-8,12H2,1-2H3. The Kier molecular flexibility index (Phi) is 4.46. The Labute approximate surface area is 195 Å². The highest BCUT2D eigenvalue weighted by Crippen LogP contribution is 3.02. The highest BCUT2D eigenvalue weighted by molar-refractivity contribution is 8.45. The van der Waals surface area contributed by atoms with Crippen molar-refractivity contribution in [1.29, 1.82) is 0 Å². The van der Waals surface area contributed by atoms with E-state index in [4.69, 9.17) is 0 Å². The number of amides is 1. The first-order valence-corrected chi connectivity index (χ1v) is 12.4. The first-order chi connectivity index (χ1) is 16.1. The second-order valence-electron chi connectivity index (χ2n) is 8.62. The number of carbonyl (C=O) groups excluding carboxylic acids is 1. The molecular weight excluding hydrogens is 493 g/mol. The number of rotatable bonds is 4. The van der Waals surface area contributed by atoms with Crippen LogP contribution in [0.4, 0.5) is 19.4 Å². The van der Waals surface area contributed by atoms with E-state index in [1.165, 1.54) is 38.7 Å². The van der Waals surface area contributed by atoms with Crippen LogP contribution in [0.25, 0.3) is 16.6 Å². The zero-order valence-corrected chi connectivity index (χ0v) is 19.4. The van der Waals surface area contributed by atoms with E-state index in [0.29, 0.717) is 28.9 Å². The molecule has 5 rings (SSSR count). The quantitative estimate of drug-likeness (QED) is 0.355. The van der Waals surface area contributed by atoms with Gasteiger partial charge in [0.15, 0.2) is 0 Å². The number of fused-ring (bicyclic) bond motifs is 2. The largest absolute Gasteiger partial charge is 0.350 e. The number of hydrogen-bond donors (Lipinski definition) is 0. The normalized spacial score (nSPS) is 16.3. The lowest BCUT2D eigenvalue weighted by Crippen LogP contribution is -2.44. The van der Waals surface area contributed by atoms with E-state index in [-0.39, 0.29) is 36.3 Å². The van der Waals surface area contributed by atoms with Gasteiger partial charge in [-0.25, -0.2) is 4.98 Å². The summed E-state index contributed by atoms with van der Waals surface area (Å²) in [5.74, 6) is -0.484. The minimum absolute atomic E-state index is 0.0140. The second-order valence-corrected chi connectivity index (χ2v) is 11.0. The topological polar surface area (TPSA) is 65.1 Å². The van der Waals surface area contributed by atoms with Crippen molar-refractivity contribution >= 4 is 27.0 Å². The second kappa shape index (κ2) is 6.74. The van der Waals surface area contributed by atoms with E-state index < -0.39 is 21.0 Å². The summed E-state index contributed by atoms with van der Waals surface area (Å²) in [4.78, 5) is 29.6. The van der Waals surface area contributed by atoms with Crippen molar-refractivity contribution in [2.24, 2.45) is 7.05 Å². The predicted molar refractivity (Wildman–Crippen MR) is 122 cm³/mol. The van der Waals surface area contributed by atoms with Gasteiger partial charge in [-0.05, 0) is 42.8 Å². The van der Waals surface area contributed by atoms with Gasteiger partial charge in [0.2, 0.25) is 0 Å². The van der Waals surface area contributed by atoms with Gasteiger partial charge in [0, 0.05) is 50.0 Å². The van der Waals surface area contributed by atoms with Crippen molar-refractivity contribution < 1.29 is 24.2 Å². The molecule has 3 aromatic heterocycles. The summed E-state index contributed by atoms with van der Waals surface area (Å²) in [5.41, 5.74) is 1.42. The average molecular weight is 513 g/mol. The van der Waals surface area contributed by atoms with Crippen LogP contribution in [-0.4, -0.2) is 36.0 Å². The third kappa shape index (κ3) is 3.99. The third-order valence-corrected chi connectivity index (χ3v) is 7.24. The zero-order chi connectivity index (χ0) is 25.4. The number of halogens is 5.